The Labute approximate surface area is 103 Å². The standard InChI is InChI=1S/C14H21NO2/c1-11(10-16-2)9-15-13-7-8-17-14-6-4-3-5-12(13)14/h3-6,11,13,15H,7-10H2,1-2H3. The lowest BCUT2D eigenvalue weighted by Crippen LogP contribution is -2.31. The predicted molar refractivity (Wildman–Crippen MR) is 68.3 cm³/mol. The van der Waals surface area contributed by atoms with Crippen molar-refractivity contribution in [2.24, 2.45) is 5.92 Å². The maximum atomic E-state index is 5.64. The first-order valence-corrected chi connectivity index (χ1v) is 6.25. The van der Waals surface area contributed by atoms with E-state index in [0.29, 0.717) is 12.0 Å². The molecular formula is C14H21NO2. The summed E-state index contributed by atoms with van der Waals surface area (Å²) in [5, 5.41) is 3.60. The number of hydrogen-bond donors (Lipinski definition) is 1. The summed E-state index contributed by atoms with van der Waals surface area (Å²) in [6.45, 7) is 4.78. The second kappa shape index (κ2) is 6.03. The number of nitrogens with one attached hydrogen (secondary N) is 1. The summed E-state index contributed by atoms with van der Waals surface area (Å²) in [5.41, 5.74) is 1.28. The van der Waals surface area contributed by atoms with Crippen LogP contribution in [0.5, 0.6) is 5.75 Å². The first-order valence-electron chi connectivity index (χ1n) is 6.25. The molecule has 2 unspecified atom stereocenters. The average molecular weight is 235 g/mol. The van der Waals surface area contributed by atoms with Crippen LogP contribution in [0.1, 0.15) is 24.9 Å². The molecule has 2 rings (SSSR count). The van der Waals surface area contributed by atoms with Gasteiger partial charge in [0.05, 0.1) is 6.61 Å². The van der Waals surface area contributed by atoms with E-state index >= 15 is 0 Å². The molecule has 0 aromatic heterocycles. The molecule has 0 bridgehead atoms. The van der Waals surface area contributed by atoms with Crippen LogP contribution in [0.25, 0.3) is 0 Å². The van der Waals surface area contributed by atoms with E-state index in [9.17, 15) is 0 Å². The van der Waals surface area contributed by atoms with Gasteiger partial charge < -0.3 is 14.8 Å². The van der Waals surface area contributed by atoms with E-state index in [1.165, 1.54) is 5.56 Å². The summed E-state index contributed by atoms with van der Waals surface area (Å²) in [6.07, 6.45) is 1.04. The highest BCUT2D eigenvalue weighted by atomic mass is 16.5. The Morgan fingerprint density at radius 2 is 2.29 bits per heavy atom. The lowest BCUT2D eigenvalue weighted by atomic mass is 10.00. The minimum atomic E-state index is 0.416. The highest BCUT2D eigenvalue weighted by Crippen LogP contribution is 2.31. The normalized spacial score (nSPS) is 20.5. The highest BCUT2D eigenvalue weighted by molar-refractivity contribution is 5.37. The third-order valence-electron chi connectivity index (χ3n) is 3.12. The van der Waals surface area contributed by atoms with Gasteiger partial charge in [0.2, 0.25) is 0 Å². The minimum absolute atomic E-state index is 0.416. The van der Waals surface area contributed by atoms with Gasteiger partial charge in [-0.25, -0.2) is 0 Å². The molecule has 0 spiro atoms. The fourth-order valence-electron chi connectivity index (χ4n) is 2.24. The Balaban J connectivity index is 1.94. The van der Waals surface area contributed by atoms with Crippen LogP contribution < -0.4 is 10.1 Å². The molecule has 94 valence electrons. The van der Waals surface area contributed by atoms with Crippen LogP contribution in [0, 0.1) is 5.92 Å². The molecule has 2 atom stereocenters. The summed E-state index contributed by atoms with van der Waals surface area (Å²) < 4.78 is 10.8. The Kier molecular flexibility index (Phi) is 4.40. The van der Waals surface area contributed by atoms with Crippen molar-refractivity contribution in [3.05, 3.63) is 29.8 Å². The van der Waals surface area contributed by atoms with Crippen LogP contribution in [-0.4, -0.2) is 26.9 Å². The van der Waals surface area contributed by atoms with E-state index in [2.05, 4.69) is 24.4 Å². The van der Waals surface area contributed by atoms with E-state index in [1.54, 1.807) is 7.11 Å². The number of benzene rings is 1. The largest absolute Gasteiger partial charge is 0.493 e. The van der Waals surface area contributed by atoms with Gasteiger partial charge in [-0.3, -0.25) is 0 Å². The molecule has 0 radical (unpaired) electrons. The van der Waals surface area contributed by atoms with Crippen molar-refractivity contribution in [2.75, 3.05) is 26.9 Å². The quantitative estimate of drug-likeness (QED) is 0.850. The number of ether oxygens (including phenoxy) is 2. The molecule has 1 aliphatic rings. The molecule has 0 saturated heterocycles. The molecule has 1 N–H and O–H groups in total. The summed E-state index contributed by atoms with van der Waals surface area (Å²) in [6, 6.07) is 8.70. The molecule has 0 fully saturated rings. The van der Waals surface area contributed by atoms with Gasteiger partial charge in [-0.1, -0.05) is 25.1 Å². The van der Waals surface area contributed by atoms with E-state index in [4.69, 9.17) is 9.47 Å². The Hall–Kier alpha value is -1.06. The SMILES string of the molecule is COCC(C)CNC1CCOc2ccccc21. The molecule has 1 aromatic rings. The van der Waals surface area contributed by atoms with Crippen LogP contribution in [0.3, 0.4) is 0 Å². The van der Waals surface area contributed by atoms with E-state index in [-0.39, 0.29) is 0 Å². The second-order valence-electron chi connectivity index (χ2n) is 4.70. The Morgan fingerprint density at radius 3 is 3.12 bits per heavy atom. The number of methoxy groups -OCH3 is 1. The Bertz CT molecular complexity index is 354. The lowest BCUT2D eigenvalue weighted by molar-refractivity contribution is 0.154. The maximum absolute atomic E-state index is 5.64. The van der Waals surface area contributed by atoms with Crippen molar-refractivity contribution in [1.82, 2.24) is 5.32 Å². The van der Waals surface area contributed by atoms with Crippen molar-refractivity contribution in [1.29, 1.82) is 0 Å². The second-order valence-corrected chi connectivity index (χ2v) is 4.70. The molecule has 3 heteroatoms. The maximum Gasteiger partial charge on any atom is 0.124 e. The molecule has 0 amide bonds. The van der Waals surface area contributed by atoms with Gasteiger partial charge in [-0.2, -0.15) is 0 Å². The Morgan fingerprint density at radius 1 is 1.47 bits per heavy atom. The van der Waals surface area contributed by atoms with Gasteiger partial charge in [0.1, 0.15) is 5.75 Å². The summed E-state index contributed by atoms with van der Waals surface area (Å²) in [4.78, 5) is 0. The van der Waals surface area contributed by atoms with Crippen molar-refractivity contribution >= 4 is 0 Å². The molecule has 17 heavy (non-hydrogen) atoms. The van der Waals surface area contributed by atoms with Crippen molar-refractivity contribution in [2.45, 2.75) is 19.4 Å². The molecule has 1 aromatic carbocycles. The zero-order valence-electron chi connectivity index (χ0n) is 10.6. The monoisotopic (exact) mass is 235 g/mol. The number of hydrogen-bond acceptors (Lipinski definition) is 3. The third-order valence-corrected chi connectivity index (χ3v) is 3.12. The average Bonchev–Trinajstić information content (AvgIpc) is 2.36. The van der Waals surface area contributed by atoms with E-state index in [0.717, 1.165) is 31.9 Å². The van der Waals surface area contributed by atoms with Gasteiger partial charge in [-0.05, 0) is 12.0 Å². The molecular weight excluding hydrogens is 214 g/mol. The molecule has 0 aliphatic carbocycles. The van der Waals surface area contributed by atoms with Gasteiger partial charge in [-0.15, -0.1) is 0 Å². The van der Waals surface area contributed by atoms with Gasteiger partial charge >= 0.3 is 0 Å². The van der Waals surface area contributed by atoms with Crippen molar-refractivity contribution < 1.29 is 9.47 Å². The zero-order chi connectivity index (χ0) is 12.1. The highest BCUT2D eigenvalue weighted by Gasteiger charge is 2.20. The predicted octanol–water partition coefficient (Wildman–Crippen LogP) is 2.38. The van der Waals surface area contributed by atoms with Crippen LogP contribution in [0.4, 0.5) is 0 Å². The topological polar surface area (TPSA) is 30.5 Å². The number of fused-ring (bicyclic) bond motifs is 1. The van der Waals surface area contributed by atoms with Gasteiger partial charge in [0.15, 0.2) is 0 Å². The summed E-state index contributed by atoms with van der Waals surface area (Å²) in [5.74, 6) is 1.56. The molecule has 0 saturated carbocycles. The lowest BCUT2D eigenvalue weighted by Gasteiger charge is -2.27. The molecule has 1 heterocycles. The summed E-state index contributed by atoms with van der Waals surface area (Å²) in [7, 11) is 1.75. The molecule has 1 aliphatic heterocycles. The zero-order valence-corrected chi connectivity index (χ0v) is 10.6. The molecule has 3 nitrogen and oxygen atoms in total. The van der Waals surface area contributed by atoms with E-state index in [1.807, 2.05) is 12.1 Å². The van der Waals surface area contributed by atoms with Crippen LogP contribution in [0.2, 0.25) is 0 Å². The third kappa shape index (κ3) is 3.20. The van der Waals surface area contributed by atoms with Gasteiger partial charge in [0.25, 0.3) is 0 Å². The number of para-hydroxylation sites is 1. The van der Waals surface area contributed by atoms with Crippen LogP contribution in [0.15, 0.2) is 24.3 Å². The van der Waals surface area contributed by atoms with Crippen molar-refractivity contribution in [3.8, 4) is 5.75 Å². The van der Waals surface area contributed by atoms with E-state index < -0.39 is 0 Å². The first-order chi connectivity index (χ1) is 8.31. The van der Waals surface area contributed by atoms with Crippen LogP contribution in [-0.2, 0) is 4.74 Å². The summed E-state index contributed by atoms with van der Waals surface area (Å²) >= 11 is 0. The van der Waals surface area contributed by atoms with Gasteiger partial charge in [0, 0.05) is 38.3 Å². The minimum Gasteiger partial charge on any atom is -0.493 e. The first kappa shape index (κ1) is 12.4. The fraction of sp³-hybridized carbons (Fsp3) is 0.571. The number of rotatable bonds is 5. The fourth-order valence-corrected chi connectivity index (χ4v) is 2.24. The van der Waals surface area contributed by atoms with Crippen molar-refractivity contribution in [3.63, 3.8) is 0 Å². The van der Waals surface area contributed by atoms with Crippen LogP contribution >= 0.6 is 0 Å². The smallest absolute Gasteiger partial charge is 0.124 e.